The molecule has 0 saturated carbocycles. The van der Waals surface area contributed by atoms with Crippen LogP contribution in [0.4, 0.5) is 0 Å². The van der Waals surface area contributed by atoms with Gasteiger partial charge in [-0.2, -0.15) is 0 Å². The third kappa shape index (κ3) is 1.97. The Balaban J connectivity index is 1.93. The molecule has 2 aliphatic heterocycles. The Kier molecular flexibility index (Phi) is 2.90. The summed E-state index contributed by atoms with van der Waals surface area (Å²) in [5, 5.41) is 0. The Morgan fingerprint density at radius 2 is 2.27 bits per heavy atom. The van der Waals surface area contributed by atoms with Crippen molar-refractivity contribution in [3.63, 3.8) is 0 Å². The van der Waals surface area contributed by atoms with Gasteiger partial charge in [0.15, 0.2) is 0 Å². The average molecular weight is 211 g/mol. The molecule has 2 saturated heterocycles. The van der Waals surface area contributed by atoms with E-state index < -0.39 is 0 Å². The number of hydrogen-bond acceptors (Lipinski definition) is 3. The number of piperazine rings is 1. The first kappa shape index (κ1) is 10.4. The molecule has 0 aliphatic carbocycles. The zero-order chi connectivity index (χ0) is 10.8. The minimum absolute atomic E-state index is 0.122. The predicted octanol–water partition coefficient (Wildman–Crippen LogP) is -0.832. The molecule has 0 aromatic carbocycles. The fourth-order valence-electron chi connectivity index (χ4n) is 2.37. The molecule has 0 spiro atoms. The third-order valence-corrected chi connectivity index (χ3v) is 3.21. The standard InChI is InChI=1S/C10H17N3O2/c11-4-3-9(14)12-5-6-13-8(7-12)1-2-10(13)15/h8H,1-7,11H2. The van der Waals surface area contributed by atoms with Gasteiger partial charge in [0.1, 0.15) is 0 Å². The van der Waals surface area contributed by atoms with Crippen molar-refractivity contribution >= 4 is 11.8 Å². The zero-order valence-corrected chi connectivity index (χ0v) is 8.82. The van der Waals surface area contributed by atoms with Gasteiger partial charge in [-0.15, -0.1) is 0 Å². The summed E-state index contributed by atoms with van der Waals surface area (Å²) in [6.45, 7) is 2.47. The number of nitrogens with zero attached hydrogens (tertiary/aromatic N) is 2. The summed E-state index contributed by atoms with van der Waals surface area (Å²) in [4.78, 5) is 26.8. The van der Waals surface area contributed by atoms with E-state index in [1.165, 1.54) is 0 Å². The molecule has 2 rings (SSSR count). The van der Waals surface area contributed by atoms with Gasteiger partial charge in [-0.1, -0.05) is 0 Å². The second kappa shape index (κ2) is 4.18. The summed E-state index contributed by atoms with van der Waals surface area (Å²) in [6.07, 6.45) is 1.95. The number of carbonyl (C=O) groups excluding carboxylic acids is 2. The number of nitrogens with two attached hydrogens (primary N) is 1. The highest BCUT2D eigenvalue weighted by molar-refractivity contribution is 5.80. The maximum atomic E-state index is 11.6. The molecule has 1 atom stereocenters. The summed E-state index contributed by atoms with van der Waals surface area (Å²) in [5.74, 6) is 0.363. The van der Waals surface area contributed by atoms with Gasteiger partial charge in [0.05, 0.1) is 0 Å². The van der Waals surface area contributed by atoms with E-state index in [0.29, 0.717) is 39.0 Å². The normalized spacial score (nSPS) is 25.7. The number of rotatable bonds is 2. The van der Waals surface area contributed by atoms with E-state index in [1.807, 2.05) is 9.80 Å². The first-order valence-corrected chi connectivity index (χ1v) is 5.49. The van der Waals surface area contributed by atoms with E-state index in [9.17, 15) is 9.59 Å². The van der Waals surface area contributed by atoms with Crippen molar-refractivity contribution in [1.82, 2.24) is 9.80 Å². The number of amides is 2. The topological polar surface area (TPSA) is 66.6 Å². The maximum Gasteiger partial charge on any atom is 0.223 e. The molecule has 15 heavy (non-hydrogen) atoms. The van der Waals surface area contributed by atoms with Crippen molar-refractivity contribution in [2.24, 2.45) is 5.73 Å². The molecule has 2 fully saturated rings. The van der Waals surface area contributed by atoms with Gasteiger partial charge in [-0.05, 0) is 6.42 Å². The van der Waals surface area contributed by atoms with E-state index >= 15 is 0 Å². The Labute approximate surface area is 89.2 Å². The lowest BCUT2D eigenvalue weighted by Crippen LogP contribution is -2.53. The first-order valence-electron chi connectivity index (χ1n) is 5.49. The fraction of sp³-hybridized carbons (Fsp3) is 0.800. The second-order valence-electron chi connectivity index (χ2n) is 4.16. The molecule has 0 bridgehead atoms. The quantitative estimate of drug-likeness (QED) is 0.648. The molecule has 2 N–H and O–H groups in total. The fourth-order valence-corrected chi connectivity index (χ4v) is 2.37. The van der Waals surface area contributed by atoms with Crippen molar-refractivity contribution in [1.29, 1.82) is 0 Å². The monoisotopic (exact) mass is 211 g/mol. The molecular weight excluding hydrogens is 194 g/mol. The van der Waals surface area contributed by atoms with Crippen molar-refractivity contribution in [2.45, 2.75) is 25.3 Å². The van der Waals surface area contributed by atoms with Crippen LogP contribution in [0, 0.1) is 0 Å². The van der Waals surface area contributed by atoms with Crippen LogP contribution < -0.4 is 5.73 Å². The van der Waals surface area contributed by atoms with Crippen LogP contribution in [-0.4, -0.2) is 53.8 Å². The molecule has 0 aromatic rings. The van der Waals surface area contributed by atoms with E-state index in [0.717, 1.165) is 6.42 Å². The second-order valence-corrected chi connectivity index (χ2v) is 4.16. The van der Waals surface area contributed by atoms with Gasteiger partial charge in [0, 0.05) is 45.1 Å². The third-order valence-electron chi connectivity index (χ3n) is 3.21. The van der Waals surface area contributed by atoms with E-state index in [-0.39, 0.29) is 17.9 Å². The molecule has 84 valence electrons. The van der Waals surface area contributed by atoms with Crippen LogP contribution in [0.15, 0.2) is 0 Å². The van der Waals surface area contributed by atoms with Crippen LogP contribution in [0.3, 0.4) is 0 Å². The Bertz CT molecular complexity index is 280. The largest absolute Gasteiger partial charge is 0.339 e. The first-order chi connectivity index (χ1) is 7.22. The molecule has 5 nitrogen and oxygen atoms in total. The summed E-state index contributed by atoms with van der Waals surface area (Å²) in [5.41, 5.74) is 5.35. The molecular formula is C10H17N3O2. The lowest BCUT2D eigenvalue weighted by Gasteiger charge is -2.37. The number of fused-ring (bicyclic) bond motifs is 1. The lowest BCUT2D eigenvalue weighted by molar-refractivity contribution is -0.138. The molecule has 2 heterocycles. The zero-order valence-electron chi connectivity index (χ0n) is 8.82. The van der Waals surface area contributed by atoms with Gasteiger partial charge < -0.3 is 15.5 Å². The van der Waals surface area contributed by atoms with Crippen molar-refractivity contribution in [3.8, 4) is 0 Å². The van der Waals surface area contributed by atoms with Crippen LogP contribution in [0.2, 0.25) is 0 Å². The maximum absolute atomic E-state index is 11.6. The van der Waals surface area contributed by atoms with Gasteiger partial charge in [-0.3, -0.25) is 9.59 Å². The molecule has 0 aromatic heterocycles. The van der Waals surface area contributed by atoms with Crippen molar-refractivity contribution < 1.29 is 9.59 Å². The lowest BCUT2D eigenvalue weighted by atomic mass is 10.1. The highest BCUT2D eigenvalue weighted by atomic mass is 16.2. The van der Waals surface area contributed by atoms with Gasteiger partial charge in [-0.25, -0.2) is 0 Å². The van der Waals surface area contributed by atoms with Crippen LogP contribution >= 0.6 is 0 Å². The molecule has 2 aliphatic rings. The Morgan fingerprint density at radius 3 is 3.00 bits per heavy atom. The predicted molar refractivity (Wildman–Crippen MR) is 55.0 cm³/mol. The number of hydrogen-bond donors (Lipinski definition) is 1. The Morgan fingerprint density at radius 1 is 1.47 bits per heavy atom. The average Bonchev–Trinajstić information content (AvgIpc) is 2.60. The molecule has 5 heteroatoms. The highest BCUT2D eigenvalue weighted by Crippen LogP contribution is 2.22. The van der Waals surface area contributed by atoms with Crippen LogP contribution in [0.5, 0.6) is 0 Å². The van der Waals surface area contributed by atoms with E-state index in [2.05, 4.69) is 0 Å². The SMILES string of the molecule is NCCC(=O)N1CCN2C(=O)CCC2C1. The minimum atomic E-state index is 0.122. The van der Waals surface area contributed by atoms with Crippen LogP contribution in [0.1, 0.15) is 19.3 Å². The highest BCUT2D eigenvalue weighted by Gasteiger charge is 2.36. The molecule has 2 amide bonds. The van der Waals surface area contributed by atoms with Crippen LogP contribution in [0.25, 0.3) is 0 Å². The summed E-state index contributed by atoms with van der Waals surface area (Å²) in [6, 6.07) is 0.257. The smallest absolute Gasteiger partial charge is 0.223 e. The van der Waals surface area contributed by atoms with Crippen molar-refractivity contribution in [2.75, 3.05) is 26.2 Å². The summed E-state index contributed by atoms with van der Waals surface area (Å²) >= 11 is 0. The summed E-state index contributed by atoms with van der Waals surface area (Å²) in [7, 11) is 0. The minimum Gasteiger partial charge on any atom is -0.339 e. The van der Waals surface area contributed by atoms with Gasteiger partial charge in [0.25, 0.3) is 0 Å². The van der Waals surface area contributed by atoms with Gasteiger partial charge >= 0.3 is 0 Å². The van der Waals surface area contributed by atoms with E-state index in [1.54, 1.807) is 0 Å². The molecule has 1 unspecified atom stereocenters. The van der Waals surface area contributed by atoms with Crippen molar-refractivity contribution in [3.05, 3.63) is 0 Å². The number of carbonyl (C=O) groups is 2. The molecule has 0 radical (unpaired) electrons. The van der Waals surface area contributed by atoms with Crippen LogP contribution in [-0.2, 0) is 9.59 Å². The van der Waals surface area contributed by atoms with Gasteiger partial charge in [0.2, 0.25) is 11.8 Å². The Hall–Kier alpha value is -1.10. The van der Waals surface area contributed by atoms with E-state index in [4.69, 9.17) is 5.73 Å². The summed E-state index contributed by atoms with van der Waals surface area (Å²) < 4.78 is 0.